The smallest absolute Gasteiger partial charge is 0.343 e. The van der Waals surface area contributed by atoms with Gasteiger partial charge in [0.05, 0.1) is 0 Å². The lowest BCUT2D eigenvalue weighted by Gasteiger charge is -2.29. The fraction of sp³-hybridized carbons (Fsp3) is 0.385. The number of amidine groups is 1. The molecule has 2 aliphatic rings. The highest BCUT2D eigenvalue weighted by Gasteiger charge is 2.44. The Morgan fingerprint density at radius 1 is 1.29 bits per heavy atom. The summed E-state index contributed by atoms with van der Waals surface area (Å²) in [6.07, 6.45) is 4.05. The third-order valence-electron chi connectivity index (χ3n) is 3.70. The van der Waals surface area contributed by atoms with Crippen LogP contribution in [-0.2, 0) is 12.0 Å². The second-order valence-electron chi connectivity index (χ2n) is 4.70. The number of amides is 2. The first-order valence-electron chi connectivity index (χ1n) is 5.97. The van der Waals surface area contributed by atoms with Crippen LogP contribution >= 0.6 is 0 Å². The Morgan fingerprint density at radius 2 is 2.12 bits per heavy atom. The fourth-order valence-corrected chi connectivity index (χ4v) is 2.87. The predicted molar refractivity (Wildman–Crippen MR) is 65.8 cm³/mol. The van der Waals surface area contributed by atoms with Crippen molar-refractivity contribution >= 4 is 11.9 Å². The molecule has 1 aromatic carbocycles. The standard InChI is InChI=1S/C13H15N3O/c14-11-13(16-12(17)15-11)8-4-3-6-9-5-1-2-7-10(9)13/h1-2,5,7H,3-4,6,8H2,(H3,14,15,16,17). The van der Waals surface area contributed by atoms with Gasteiger partial charge in [0.2, 0.25) is 0 Å². The van der Waals surface area contributed by atoms with E-state index in [0.29, 0.717) is 5.84 Å². The number of aryl methyl sites for hydroxylation is 1. The van der Waals surface area contributed by atoms with Gasteiger partial charge in [-0.15, -0.1) is 0 Å². The average molecular weight is 229 g/mol. The highest BCUT2D eigenvalue weighted by atomic mass is 16.2. The van der Waals surface area contributed by atoms with Gasteiger partial charge in [0.25, 0.3) is 0 Å². The van der Waals surface area contributed by atoms with Gasteiger partial charge in [0.1, 0.15) is 11.4 Å². The van der Waals surface area contributed by atoms with Gasteiger partial charge in [-0.05, 0) is 36.8 Å². The molecule has 1 spiro atoms. The largest absolute Gasteiger partial charge is 0.385 e. The number of fused-ring (bicyclic) bond motifs is 2. The molecule has 3 rings (SSSR count). The van der Waals surface area contributed by atoms with Crippen LogP contribution in [0.2, 0.25) is 0 Å². The van der Waals surface area contributed by atoms with Crippen molar-refractivity contribution in [1.82, 2.24) is 5.32 Å². The molecule has 0 radical (unpaired) electrons. The summed E-state index contributed by atoms with van der Waals surface area (Å²) in [5.74, 6) is 0.414. The molecule has 0 saturated heterocycles. The molecule has 0 saturated carbocycles. The normalized spacial score (nSPS) is 27.3. The minimum Gasteiger partial charge on any atom is -0.385 e. The van der Waals surface area contributed by atoms with Crippen molar-refractivity contribution < 1.29 is 4.79 Å². The SMILES string of the molecule is NC1=NC(=O)NC12CCCCc1ccccc12. The predicted octanol–water partition coefficient (Wildman–Crippen LogP) is 1.69. The monoisotopic (exact) mass is 229 g/mol. The zero-order chi connectivity index (χ0) is 11.9. The lowest BCUT2D eigenvalue weighted by Crippen LogP contribution is -2.48. The van der Waals surface area contributed by atoms with Gasteiger partial charge >= 0.3 is 6.03 Å². The first kappa shape index (κ1) is 10.3. The van der Waals surface area contributed by atoms with E-state index in [0.717, 1.165) is 31.2 Å². The molecule has 1 heterocycles. The Kier molecular flexibility index (Phi) is 2.18. The highest BCUT2D eigenvalue weighted by Crippen LogP contribution is 2.36. The summed E-state index contributed by atoms with van der Waals surface area (Å²) >= 11 is 0. The number of carbonyl (C=O) groups is 1. The van der Waals surface area contributed by atoms with E-state index < -0.39 is 5.54 Å². The van der Waals surface area contributed by atoms with Crippen LogP contribution in [0.5, 0.6) is 0 Å². The molecule has 0 fully saturated rings. The maximum Gasteiger partial charge on any atom is 0.343 e. The maximum atomic E-state index is 11.5. The number of nitrogens with two attached hydrogens (primary N) is 1. The molecule has 1 aliphatic carbocycles. The summed E-state index contributed by atoms with van der Waals surface area (Å²) < 4.78 is 0. The fourth-order valence-electron chi connectivity index (χ4n) is 2.87. The number of nitrogens with one attached hydrogen (secondary N) is 1. The summed E-state index contributed by atoms with van der Waals surface area (Å²) in [6.45, 7) is 0. The summed E-state index contributed by atoms with van der Waals surface area (Å²) in [6, 6.07) is 7.86. The summed E-state index contributed by atoms with van der Waals surface area (Å²) in [7, 11) is 0. The molecule has 2 amide bonds. The van der Waals surface area contributed by atoms with Gasteiger partial charge in [-0.1, -0.05) is 24.3 Å². The van der Waals surface area contributed by atoms with Gasteiger partial charge < -0.3 is 11.1 Å². The molecule has 0 aromatic heterocycles. The van der Waals surface area contributed by atoms with Gasteiger partial charge in [-0.25, -0.2) is 4.79 Å². The maximum absolute atomic E-state index is 11.5. The molecular formula is C13H15N3O. The summed E-state index contributed by atoms with van der Waals surface area (Å²) in [5, 5.41) is 2.95. The van der Waals surface area contributed by atoms with Crippen LogP contribution in [0.15, 0.2) is 29.3 Å². The number of hydrogen-bond donors (Lipinski definition) is 2. The van der Waals surface area contributed by atoms with E-state index in [1.54, 1.807) is 0 Å². The van der Waals surface area contributed by atoms with Crippen LogP contribution in [-0.4, -0.2) is 11.9 Å². The number of benzene rings is 1. The zero-order valence-corrected chi connectivity index (χ0v) is 9.57. The molecule has 4 heteroatoms. The second kappa shape index (κ2) is 3.58. The van der Waals surface area contributed by atoms with Crippen LogP contribution < -0.4 is 11.1 Å². The molecule has 3 N–H and O–H groups in total. The molecule has 1 unspecified atom stereocenters. The number of hydrogen-bond acceptors (Lipinski definition) is 2. The lowest BCUT2D eigenvalue weighted by atomic mass is 9.84. The number of carbonyl (C=O) groups excluding carboxylic acids is 1. The number of aliphatic imine (C=N–C) groups is 1. The van der Waals surface area contributed by atoms with Gasteiger partial charge in [0, 0.05) is 0 Å². The molecular weight excluding hydrogens is 214 g/mol. The Hall–Kier alpha value is -1.84. The van der Waals surface area contributed by atoms with E-state index in [4.69, 9.17) is 5.73 Å². The van der Waals surface area contributed by atoms with Crippen molar-refractivity contribution in [1.29, 1.82) is 0 Å². The zero-order valence-electron chi connectivity index (χ0n) is 9.57. The van der Waals surface area contributed by atoms with Crippen LogP contribution in [0, 0.1) is 0 Å². The highest BCUT2D eigenvalue weighted by molar-refractivity contribution is 6.06. The van der Waals surface area contributed by atoms with Crippen molar-refractivity contribution in [3.05, 3.63) is 35.4 Å². The first-order chi connectivity index (χ1) is 8.22. The van der Waals surface area contributed by atoms with Crippen LogP contribution in [0.4, 0.5) is 4.79 Å². The van der Waals surface area contributed by atoms with Crippen LogP contribution in [0.25, 0.3) is 0 Å². The van der Waals surface area contributed by atoms with Crippen LogP contribution in [0.1, 0.15) is 30.4 Å². The van der Waals surface area contributed by atoms with E-state index in [9.17, 15) is 4.79 Å². The minimum absolute atomic E-state index is 0.320. The molecule has 4 nitrogen and oxygen atoms in total. The topological polar surface area (TPSA) is 67.5 Å². The second-order valence-corrected chi connectivity index (χ2v) is 4.70. The molecule has 0 bridgehead atoms. The van der Waals surface area contributed by atoms with Crippen molar-refractivity contribution in [3.63, 3.8) is 0 Å². The van der Waals surface area contributed by atoms with E-state index in [1.807, 2.05) is 12.1 Å². The molecule has 88 valence electrons. The Bertz CT molecular complexity index is 509. The third-order valence-corrected chi connectivity index (χ3v) is 3.70. The molecule has 1 aliphatic heterocycles. The lowest BCUT2D eigenvalue weighted by molar-refractivity contribution is 0.245. The summed E-state index contributed by atoms with van der Waals surface area (Å²) in [4.78, 5) is 15.3. The molecule has 17 heavy (non-hydrogen) atoms. The molecule has 1 atom stereocenters. The van der Waals surface area contributed by atoms with Crippen LogP contribution in [0.3, 0.4) is 0 Å². The van der Waals surface area contributed by atoms with E-state index in [1.165, 1.54) is 5.56 Å². The van der Waals surface area contributed by atoms with Gasteiger partial charge in [-0.3, -0.25) is 0 Å². The van der Waals surface area contributed by atoms with E-state index in [-0.39, 0.29) is 6.03 Å². The van der Waals surface area contributed by atoms with Crippen molar-refractivity contribution in [2.24, 2.45) is 10.7 Å². The quantitative estimate of drug-likeness (QED) is 0.710. The van der Waals surface area contributed by atoms with Gasteiger partial charge in [0.15, 0.2) is 0 Å². The Labute approximate surface area is 99.9 Å². The number of nitrogens with zero attached hydrogens (tertiary/aromatic N) is 1. The van der Waals surface area contributed by atoms with Crippen molar-refractivity contribution in [2.75, 3.05) is 0 Å². The minimum atomic E-state index is -0.551. The number of urea groups is 1. The third kappa shape index (κ3) is 1.44. The molecule has 1 aromatic rings. The number of rotatable bonds is 0. The Balaban J connectivity index is 2.18. The average Bonchev–Trinajstić information content (AvgIpc) is 2.50. The van der Waals surface area contributed by atoms with Crippen molar-refractivity contribution in [3.8, 4) is 0 Å². The summed E-state index contributed by atoms with van der Waals surface area (Å²) in [5.41, 5.74) is 7.82. The van der Waals surface area contributed by atoms with Crippen molar-refractivity contribution in [2.45, 2.75) is 31.2 Å². The first-order valence-corrected chi connectivity index (χ1v) is 5.97. The van der Waals surface area contributed by atoms with E-state index in [2.05, 4.69) is 22.4 Å². The van der Waals surface area contributed by atoms with Gasteiger partial charge in [-0.2, -0.15) is 4.99 Å². The van der Waals surface area contributed by atoms with E-state index >= 15 is 0 Å². The Morgan fingerprint density at radius 3 is 2.88 bits per heavy atom.